The summed E-state index contributed by atoms with van der Waals surface area (Å²) < 4.78 is 26.8. The van der Waals surface area contributed by atoms with E-state index in [1.165, 1.54) is 0 Å². The molecule has 1 atom stereocenters. The number of nitrogens with zero attached hydrogens (tertiary/aromatic N) is 1. The average molecular weight is 309 g/mol. The summed E-state index contributed by atoms with van der Waals surface area (Å²) in [6.07, 6.45) is 2.13. The lowest BCUT2D eigenvalue weighted by molar-refractivity contribution is 0.410. The van der Waals surface area contributed by atoms with E-state index >= 15 is 0 Å². The molecule has 116 valence electrons. The van der Waals surface area contributed by atoms with Gasteiger partial charge in [0.25, 0.3) is 0 Å². The summed E-state index contributed by atoms with van der Waals surface area (Å²) in [6, 6.07) is 9.79. The molecular formula is C15H23N3O2S. The molecule has 0 bridgehead atoms. The second-order valence-electron chi connectivity index (χ2n) is 5.71. The van der Waals surface area contributed by atoms with Crippen LogP contribution >= 0.6 is 0 Å². The Morgan fingerprint density at radius 1 is 1.38 bits per heavy atom. The van der Waals surface area contributed by atoms with Crippen LogP contribution in [-0.4, -0.2) is 36.9 Å². The van der Waals surface area contributed by atoms with Crippen LogP contribution in [0.15, 0.2) is 30.3 Å². The number of hydrogen-bond donors (Lipinski definition) is 2. The molecule has 0 radical (unpaired) electrons. The van der Waals surface area contributed by atoms with Crippen LogP contribution in [0.25, 0.3) is 0 Å². The van der Waals surface area contributed by atoms with Crippen LogP contribution in [0, 0.1) is 5.41 Å². The molecule has 1 aromatic rings. The lowest BCUT2D eigenvalue weighted by Gasteiger charge is -2.23. The second kappa shape index (κ2) is 6.58. The van der Waals surface area contributed by atoms with Crippen LogP contribution in [0.5, 0.6) is 0 Å². The van der Waals surface area contributed by atoms with Crippen molar-refractivity contribution in [2.75, 3.05) is 12.3 Å². The Kier molecular flexibility index (Phi) is 5.00. The van der Waals surface area contributed by atoms with Gasteiger partial charge >= 0.3 is 0 Å². The summed E-state index contributed by atoms with van der Waals surface area (Å²) >= 11 is 0. The summed E-state index contributed by atoms with van der Waals surface area (Å²) in [5, 5.41) is 7.29. The van der Waals surface area contributed by atoms with Gasteiger partial charge in [-0.1, -0.05) is 37.3 Å². The van der Waals surface area contributed by atoms with Crippen molar-refractivity contribution in [1.29, 1.82) is 5.41 Å². The first kappa shape index (κ1) is 16.0. The molecular weight excluding hydrogens is 286 g/mol. The minimum Gasteiger partial charge on any atom is -0.388 e. The molecule has 1 aliphatic rings. The lowest BCUT2D eigenvalue weighted by Crippen LogP contribution is -2.38. The molecule has 0 amide bonds. The van der Waals surface area contributed by atoms with Crippen molar-refractivity contribution in [3.63, 3.8) is 0 Å². The number of sulfonamides is 1. The van der Waals surface area contributed by atoms with Crippen molar-refractivity contribution in [1.82, 2.24) is 4.31 Å². The molecule has 0 heterocycles. The Morgan fingerprint density at radius 3 is 2.52 bits per heavy atom. The number of amidine groups is 1. The first-order valence-electron chi connectivity index (χ1n) is 7.27. The first-order valence-corrected chi connectivity index (χ1v) is 8.88. The van der Waals surface area contributed by atoms with E-state index in [9.17, 15) is 8.42 Å². The van der Waals surface area contributed by atoms with Gasteiger partial charge in [-0.2, -0.15) is 4.31 Å². The van der Waals surface area contributed by atoms with E-state index in [-0.39, 0.29) is 23.5 Å². The summed E-state index contributed by atoms with van der Waals surface area (Å²) in [6.45, 7) is 2.26. The van der Waals surface area contributed by atoms with Gasteiger partial charge in [0.15, 0.2) is 0 Å². The summed E-state index contributed by atoms with van der Waals surface area (Å²) in [7, 11) is -3.32. The molecule has 1 aliphatic carbocycles. The third kappa shape index (κ3) is 4.54. The third-order valence-corrected chi connectivity index (χ3v) is 5.86. The highest BCUT2D eigenvalue weighted by molar-refractivity contribution is 7.89. The van der Waals surface area contributed by atoms with Crippen LogP contribution in [0.1, 0.15) is 37.7 Å². The number of rotatable bonds is 8. The molecule has 1 fully saturated rings. The molecule has 6 heteroatoms. The number of hydrogen-bond acceptors (Lipinski definition) is 3. The van der Waals surface area contributed by atoms with Gasteiger partial charge in [0, 0.05) is 19.0 Å². The molecule has 21 heavy (non-hydrogen) atoms. The highest BCUT2D eigenvalue weighted by Crippen LogP contribution is 2.31. The van der Waals surface area contributed by atoms with Crippen molar-refractivity contribution in [3.05, 3.63) is 35.9 Å². The zero-order chi connectivity index (χ0) is 15.5. The van der Waals surface area contributed by atoms with E-state index in [1.807, 2.05) is 37.3 Å². The Labute approximate surface area is 126 Å². The Balaban J connectivity index is 2.06. The van der Waals surface area contributed by atoms with Gasteiger partial charge < -0.3 is 5.73 Å². The van der Waals surface area contributed by atoms with E-state index in [1.54, 1.807) is 4.31 Å². The number of nitrogens with one attached hydrogen (secondary N) is 1. The zero-order valence-electron chi connectivity index (χ0n) is 12.3. The number of nitrogens with two attached hydrogens (primary N) is 1. The largest absolute Gasteiger partial charge is 0.388 e. The van der Waals surface area contributed by atoms with Gasteiger partial charge in [0.05, 0.1) is 11.6 Å². The van der Waals surface area contributed by atoms with Gasteiger partial charge in [0.2, 0.25) is 10.0 Å². The maximum atomic E-state index is 12.6. The van der Waals surface area contributed by atoms with Crippen LogP contribution in [0.4, 0.5) is 0 Å². The van der Waals surface area contributed by atoms with Gasteiger partial charge in [-0.25, -0.2) is 8.42 Å². The molecule has 1 unspecified atom stereocenters. The molecule has 0 spiro atoms. The minimum atomic E-state index is -3.32. The fourth-order valence-electron chi connectivity index (χ4n) is 2.43. The quantitative estimate of drug-likeness (QED) is 0.568. The Hall–Kier alpha value is -1.40. The molecule has 1 saturated carbocycles. The van der Waals surface area contributed by atoms with Gasteiger partial charge in [-0.05, 0) is 24.3 Å². The van der Waals surface area contributed by atoms with Crippen LogP contribution in [-0.2, 0) is 10.0 Å². The molecule has 1 aromatic carbocycles. The normalized spacial score (nSPS) is 16.9. The average Bonchev–Trinajstić information content (AvgIpc) is 3.23. The van der Waals surface area contributed by atoms with E-state index in [0.717, 1.165) is 18.4 Å². The van der Waals surface area contributed by atoms with E-state index in [4.69, 9.17) is 11.1 Å². The van der Waals surface area contributed by atoms with Crippen LogP contribution < -0.4 is 5.73 Å². The monoisotopic (exact) mass is 309 g/mol. The van der Waals surface area contributed by atoms with Crippen LogP contribution in [0.2, 0.25) is 0 Å². The van der Waals surface area contributed by atoms with Crippen LogP contribution in [0.3, 0.4) is 0 Å². The summed E-state index contributed by atoms with van der Waals surface area (Å²) in [4.78, 5) is 0. The number of benzene rings is 1. The SMILES string of the molecule is CC(CS(=O)(=O)N(CCC(=N)N)C1CC1)c1ccccc1. The highest BCUT2D eigenvalue weighted by atomic mass is 32.2. The molecule has 0 aliphatic heterocycles. The van der Waals surface area contributed by atoms with E-state index in [2.05, 4.69) is 0 Å². The maximum absolute atomic E-state index is 12.6. The lowest BCUT2D eigenvalue weighted by atomic mass is 10.0. The maximum Gasteiger partial charge on any atom is 0.214 e. The second-order valence-corrected chi connectivity index (χ2v) is 7.67. The highest BCUT2D eigenvalue weighted by Gasteiger charge is 2.37. The van der Waals surface area contributed by atoms with Crippen molar-refractivity contribution >= 4 is 15.9 Å². The van der Waals surface area contributed by atoms with E-state index < -0.39 is 10.0 Å². The predicted molar refractivity (Wildman–Crippen MR) is 84.9 cm³/mol. The molecule has 0 aromatic heterocycles. The summed E-state index contributed by atoms with van der Waals surface area (Å²) in [5.41, 5.74) is 6.39. The molecule has 3 N–H and O–H groups in total. The zero-order valence-corrected chi connectivity index (χ0v) is 13.1. The minimum absolute atomic E-state index is 0.0342. The topological polar surface area (TPSA) is 87.2 Å². The fourth-order valence-corrected chi connectivity index (χ4v) is 4.48. The molecule has 0 saturated heterocycles. The molecule has 5 nitrogen and oxygen atoms in total. The summed E-state index contributed by atoms with van der Waals surface area (Å²) in [5.74, 6) is 0.0903. The predicted octanol–water partition coefficient (Wildman–Crippen LogP) is 1.91. The smallest absolute Gasteiger partial charge is 0.214 e. The third-order valence-electron chi connectivity index (χ3n) is 3.74. The Bertz CT molecular complexity index is 582. The first-order chi connectivity index (χ1) is 9.90. The fraction of sp³-hybridized carbons (Fsp3) is 0.533. The van der Waals surface area contributed by atoms with Crippen molar-refractivity contribution < 1.29 is 8.42 Å². The van der Waals surface area contributed by atoms with Crippen molar-refractivity contribution in [2.45, 2.75) is 38.1 Å². The van der Waals surface area contributed by atoms with Gasteiger partial charge in [0.1, 0.15) is 0 Å². The van der Waals surface area contributed by atoms with Gasteiger partial charge in [-0.3, -0.25) is 5.41 Å². The van der Waals surface area contributed by atoms with Crippen molar-refractivity contribution in [3.8, 4) is 0 Å². The van der Waals surface area contributed by atoms with E-state index in [0.29, 0.717) is 13.0 Å². The van der Waals surface area contributed by atoms with Crippen molar-refractivity contribution in [2.24, 2.45) is 5.73 Å². The molecule has 2 rings (SSSR count). The van der Waals surface area contributed by atoms with Gasteiger partial charge in [-0.15, -0.1) is 0 Å². The standard InChI is InChI=1S/C15H23N3O2S/c1-12(13-5-3-2-4-6-13)11-21(19,20)18(14-7-8-14)10-9-15(16)17/h2-6,12,14H,7-11H2,1H3,(H3,16,17). The Morgan fingerprint density at radius 2 is 2.00 bits per heavy atom.